The summed E-state index contributed by atoms with van der Waals surface area (Å²) < 4.78 is 3.22. The molecule has 3 aromatic rings. The average molecular weight is 434 g/mol. The minimum Gasteiger partial charge on any atom is -0.315 e. The molecule has 2 aromatic heterocycles. The van der Waals surface area contributed by atoms with Gasteiger partial charge in [-0.05, 0) is 72.2 Å². The van der Waals surface area contributed by atoms with Gasteiger partial charge in [0, 0.05) is 36.4 Å². The number of nitrogens with one attached hydrogen (secondary N) is 1. The zero-order valence-electron chi connectivity index (χ0n) is 14.8. The Hall–Kier alpha value is -1.40. The van der Waals surface area contributed by atoms with Crippen molar-refractivity contribution in [3.63, 3.8) is 0 Å². The van der Waals surface area contributed by atoms with E-state index in [4.69, 9.17) is 16.6 Å². The lowest BCUT2D eigenvalue weighted by Gasteiger charge is -2.20. The van der Waals surface area contributed by atoms with Crippen molar-refractivity contribution in [1.82, 2.24) is 19.6 Å². The van der Waals surface area contributed by atoms with E-state index in [-0.39, 0.29) is 0 Å². The molecule has 136 valence electrons. The summed E-state index contributed by atoms with van der Waals surface area (Å²) in [4.78, 5) is 7.48. The van der Waals surface area contributed by atoms with Crippen LogP contribution in [0.2, 0.25) is 5.02 Å². The maximum atomic E-state index is 6.24. The highest BCUT2D eigenvalue weighted by atomic mass is 79.9. The highest BCUT2D eigenvalue weighted by Crippen LogP contribution is 2.31. The third-order valence-electron chi connectivity index (χ3n) is 4.94. The summed E-state index contributed by atoms with van der Waals surface area (Å²) in [5.41, 5.74) is 5.41. The summed E-state index contributed by atoms with van der Waals surface area (Å²) in [5, 5.41) is 4.27. The zero-order chi connectivity index (χ0) is 18.1. The van der Waals surface area contributed by atoms with Gasteiger partial charge in [0.05, 0.1) is 15.9 Å². The van der Waals surface area contributed by atoms with Gasteiger partial charge in [0.2, 0.25) is 0 Å². The maximum absolute atomic E-state index is 6.24. The molecule has 6 heteroatoms. The molecule has 1 N–H and O–H groups in total. The molecule has 1 aromatic carbocycles. The topological polar surface area (TPSA) is 32.6 Å². The quantitative estimate of drug-likeness (QED) is 0.659. The predicted octanol–water partition coefficient (Wildman–Crippen LogP) is 4.52. The van der Waals surface area contributed by atoms with E-state index in [0.717, 1.165) is 64.7 Å². The van der Waals surface area contributed by atoms with Gasteiger partial charge in [-0.25, -0.2) is 4.98 Å². The first-order valence-electron chi connectivity index (χ1n) is 8.98. The van der Waals surface area contributed by atoms with Crippen LogP contribution in [-0.2, 0) is 6.54 Å². The molecule has 0 spiro atoms. The van der Waals surface area contributed by atoms with Crippen molar-refractivity contribution in [3.8, 4) is 11.3 Å². The Morgan fingerprint density at radius 1 is 1.23 bits per heavy atom. The number of imidazole rings is 1. The van der Waals surface area contributed by atoms with Crippen LogP contribution in [0.4, 0.5) is 0 Å². The number of aryl methyl sites for hydroxylation is 1. The van der Waals surface area contributed by atoms with Crippen LogP contribution >= 0.6 is 27.5 Å². The van der Waals surface area contributed by atoms with E-state index in [0.29, 0.717) is 0 Å². The molecule has 0 aliphatic carbocycles. The lowest BCUT2D eigenvalue weighted by molar-refractivity contribution is 0.281. The Bertz CT molecular complexity index is 929. The zero-order valence-corrected chi connectivity index (χ0v) is 17.1. The van der Waals surface area contributed by atoms with Gasteiger partial charge in [0.25, 0.3) is 0 Å². The summed E-state index contributed by atoms with van der Waals surface area (Å²) in [5.74, 6) is 0. The summed E-state index contributed by atoms with van der Waals surface area (Å²) in [7, 11) is 0. The van der Waals surface area contributed by atoms with Crippen molar-refractivity contribution >= 4 is 33.2 Å². The highest BCUT2D eigenvalue weighted by molar-refractivity contribution is 9.10. The minimum absolute atomic E-state index is 0.791. The standard InChI is InChI=1S/C20H22BrClN4/c1-14-12-15(5-6-17(14)22)19-18(13-25-9-3-7-23-8-11-25)26-10-2-4-16(21)20(26)24-19/h2,4-6,10,12,23H,3,7-9,11,13H2,1H3. The lowest BCUT2D eigenvalue weighted by Crippen LogP contribution is -2.28. The number of benzene rings is 1. The van der Waals surface area contributed by atoms with Gasteiger partial charge in [-0.2, -0.15) is 0 Å². The molecular formula is C20H22BrClN4. The summed E-state index contributed by atoms with van der Waals surface area (Å²) in [6, 6.07) is 10.3. The van der Waals surface area contributed by atoms with Gasteiger partial charge in [0.15, 0.2) is 5.65 Å². The molecule has 0 unspecified atom stereocenters. The maximum Gasteiger partial charge on any atom is 0.152 e. The first kappa shape index (κ1) is 18.0. The Kier molecular flexibility index (Phi) is 5.32. The second-order valence-electron chi connectivity index (χ2n) is 6.80. The molecule has 0 atom stereocenters. The minimum atomic E-state index is 0.791. The molecule has 1 fully saturated rings. The van der Waals surface area contributed by atoms with Gasteiger partial charge in [-0.3, -0.25) is 4.90 Å². The van der Waals surface area contributed by atoms with Gasteiger partial charge >= 0.3 is 0 Å². The molecule has 0 bridgehead atoms. The van der Waals surface area contributed by atoms with Crippen molar-refractivity contribution in [2.75, 3.05) is 26.2 Å². The van der Waals surface area contributed by atoms with Crippen LogP contribution in [0.25, 0.3) is 16.9 Å². The fourth-order valence-corrected chi connectivity index (χ4v) is 4.08. The van der Waals surface area contributed by atoms with E-state index in [1.165, 1.54) is 12.1 Å². The van der Waals surface area contributed by atoms with Crippen LogP contribution in [-0.4, -0.2) is 40.5 Å². The summed E-state index contributed by atoms with van der Waals surface area (Å²) in [6.45, 7) is 7.22. The largest absolute Gasteiger partial charge is 0.315 e. The molecule has 1 aliphatic heterocycles. The number of fused-ring (bicyclic) bond motifs is 1. The Morgan fingerprint density at radius 3 is 2.96 bits per heavy atom. The Balaban J connectivity index is 1.82. The molecule has 26 heavy (non-hydrogen) atoms. The Labute approximate surface area is 167 Å². The smallest absolute Gasteiger partial charge is 0.152 e. The van der Waals surface area contributed by atoms with Crippen molar-refractivity contribution in [3.05, 3.63) is 57.3 Å². The van der Waals surface area contributed by atoms with Crippen LogP contribution in [0.3, 0.4) is 0 Å². The third-order valence-corrected chi connectivity index (χ3v) is 5.98. The second-order valence-corrected chi connectivity index (χ2v) is 8.06. The highest BCUT2D eigenvalue weighted by Gasteiger charge is 2.19. The van der Waals surface area contributed by atoms with E-state index < -0.39 is 0 Å². The van der Waals surface area contributed by atoms with Crippen molar-refractivity contribution in [1.29, 1.82) is 0 Å². The molecule has 3 heterocycles. The van der Waals surface area contributed by atoms with Gasteiger partial charge < -0.3 is 9.72 Å². The normalized spacial score (nSPS) is 16.1. The van der Waals surface area contributed by atoms with E-state index >= 15 is 0 Å². The van der Waals surface area contributed by atoms with E-state index in [1.54, 1.807) is 0 Å². The van der Waals surface area contributed by atoms with E-state index in [1.807, 2.05) is 19.1 Å². The SMILES string of the molecule is Cc1cc(-c2nc3c(Br)cccn3c2CN2CCCNCC2)ccc1Cl. The second kappa shape index (κ2) is 7.69. The predicted molar refractivity (Wildman–Crippen MR) is 111 cm³/mol. The monoisotopic (exact) mass is 432 g/mol. The average Bonchev–Trinajstić information content (AvgIpc) is 2.81. The molecule has 0 amide bonds. The number of nitrogens with zero attached hydrogens (tertiary/aromatic N) is 3. The number of hydrogen-bond donors (Lipinski definition) is 1. The van der Waals surface area contributed by atoms with Crippen LogP contribution in [0.5, 0.6) is 0 Å². The molecule has 0 radical (unpaired) electrons. The van der Waals surface area contributed by atoms with Crippen molar-refractivity contribution < 1.29 is 0 Å². The van der Waals surface area contributed by atoms with Gasteiger partial charge in [-0.1, -0.05) is 17.7 Å². The van der Waals surface area contributed by atoms with Gasteiger partial charge in [0.1, 0.15) is 0 Å². The number of halogens is 2. The molecule has 0 saturated carbocycles. The molecule has 4 rings (SSSR count). The number of hydrogen-bond acceptors (Lipinski definition) is 3. The van der Waals surface area contributed by atoms with Crippen LogP contribution in [0, 0.1) is 6.92 Å². The first-order chi connectivity index (χ1) is 12.6. The molecular weight excluding hydrogens is 412 g/mol. The molecule has 1 saturated heterocycles. The number of pyridine rings is 1. The number of aromatic nitrogens is 2. The third kappa shape index (κ3) is 3.54. The summed E-state index contributed by atoms with van der Waals surface area (Å²) >= 11 is 9.89. The van der Waals surface area contributed by atoms with Crippen LogP contribution in [0.1, 0.15) is 17.7 Å². The van der Waals surface area contributed by atoms with E-state index in [2.05, 4.69) is 54.9 Å². The fourth-order valence-electron chi connectivity index (χ4n) is 3.53. The van der Waals surface area contributed by atoms with Crippen LogP contribution in [0.15, 0.2) is 41.0 Å². The fraction of sp³-hybridized carbons (Fsp3) is 0.350. The number of rotatable bonds is 3. The van der Waals surface area contributed by atoms with Crippen LogP contribution < -0.4 is 5.32 Å². The molecule has 4 nitrogen and oxygen atoms in total. The van der Waals surface area contributed by atoms with Crippen molar-refractivity contribution in [2.45, 2.75) is 19.9 Å². The summed E-state index contributed by atoms with van der Waals surface area (Å²) in [6.07, 6.45) is 3.28. The van der Waals surface area contributed by atoms with Crippen molar-refractivity contribution in [2.24, 2.45) is 0 Å². The first-order valence-corrected chi connectivity index (χ1v) is 10.2. The van der Waals surface area contributed by atoms with E-state index in [9.17, 15) is 0 Å². The Morgan fingerprint density at radius 2 is 2.12 bits per heavy atom. The molecule has 1 aliphatic rings. The van der Waals surface area contributed by atoms with Gasteiger partial charge in [-0.15, -0.1) is 0 Å². The lowest BCUT2D eigenvalue weighted by atomic mass is 10.1.